The molecule has 1 heterocycles. The smallest absolute Gasteiger partial charge is 0.458 e. The number of nitrogens with zero attached hydrogens (tertiary/aromatic N) is 4. The number of nitro benzene ring substituents is 2. The van der Waals surface area contributed by atoms with E-state index in [1.165, 1.54) is 55.5 Å². The monoisotopic (exact) mass is 585 g/mol. The summed E-state index contributed by atoms with van der Waals surface area (Å²) >= 11 is 0. The maximum Gasteiger partial charge on any atom is 0.508 e. The highest BCUT2D eigenvalue weighted by Crippen LogP contribution is 2.26. The van der Waals surface area contributed by atoms with Gasteiger partial charge in [0.15, 0.2) is 5.78 Å². The highest BCUT2D eigenvalue weighted by molar-refractivity contribution is 6.03. The Morgan fingerprint density at radius 3 is 1.98 bits per heavy atom. The van der Waals surface area contributed by atoms with Gasteiger partial charge in [-0.25, -0.2) is 9.59 Å². The van der Waals surface area contributed by atoms with Gasteiger partial charge in [-0.1, -0.05) is 0 Å². The van der Waals surface area contributed by atoms with E-state index in [1.807, 2.05) is 0 Å². The van der Waals surface area contributed by atoms with E-state index in [9.17, 15) is 39.4 Å². The molecule has 2 aromatic rings. The molecule has 1 aliphatic heterocycles. The van der Waals surface area contributed by atoms with Crippen molar-refractivity contribution in [2.24, 2.45) is 5.92 Å². The van der Waals surface area contributed by atoms with E-state index in [-0.39, 0.29) is 24.6 Å². The van der Waals surface area contributed by atoms with Crippen molar-refractivity contribution in [3.63, 3.8) is 0 Å². The van der Waals surface area contributed by atoms with E-state index in [0.29, 0.717) is 17.5 Å². The Hall–Kier alpha value is -5.70. The Morgan fingerprint density at radius 2 is 1.50 bits per heavy atom. The molecule has 2 aromatic carbocycles. The zero-order valence-corrected chi connectivity index (χ0v) is 21.8. The van der Waals surface area contributed by atoms with Crippen LogP contribution in [-0.2, 0) is 46.5 Å². The number of nitro groups is 2. The van der Waals surface area contributed by atoms with E-state index in [4.69, 9.17) is 24.5 Å². The molecule has 1 saturated heterocycles. The zero-order chi connectivity index (χ0) is 30.8. The Bertz CT molecular complexity index is 1410. The lowest BCUT2D eigenvalue weighted by Crippen LogP contribution is -2.63. The molecule has 0 saturated carbocycles. The Morgan fingerprint density at radius 1 is 0.976 bits per heavy atom. The van der Waals surface area contributed by atoms with E-state index in [1.54, 1.807) is 0 Å². The number of ether oxygens (including phenoxy) is 4. The third-order valence-electron chi connectivity index (χ3n) is 6.06. The SMILES string of the molecule is C[C@@H](OC(=O)OCc1ccc([N+](=O)[O-])cc1)[C@H]1C(=O)N[C@H]1CC(=O)[C@@H](OC=[N+]=[N-])C(=O)OCc1ccc([N+](=O)[O-])cc1. The van der Waals surface area contributed by atoms with Crippen LogP contribution < -0.4 is 5.32 Å². The largest absolute Gasteiger partial charge is 0.508 e. The van der Waals surface area contributed by atoms with Crippen molar-refractivity contribution >= 4 is 41.6 Å². The van der Waals surface area contributed by atoms with Crippen LogP contribution in [0.5, 0.6) is 0 Å². The second-order valence-electron chi connectivity index (χ2n) is 8.86. The fraction of sp³-hybridized carbons (Fsp3) is 0.320. The molecule has 0 unspecified atom stereocenters. The Balaban J connectivity index is 1.54. The van der Waals surface area contributed by atoms with E-state index in [2.05, 4.69) is 10.1 Å². The van der Waals surface area contributed by atoms with Crippen LogP contribution >= 0.6 is 0 Å². The second kappa shape index (κ2) is 14.1. The number of carbonyl (C=O) groups excluding carboxylic acids is 4. The molecule has 0 radical (unpaired) electrons. The number of esters is 1. The first kappa shape index (κ1) is 30.8. The maximum absolute atomic E-state index is 12.9. The summed E-state index contributed by atoms with van der Waals surface area (Å²) in [4.78, 5) is 72.7. The van der Waals surface area contributed by atoms with E-state index < -0.39 is 64.3 Å². The molecular weight excluding hydrogens is 562 g/mol. The molecular formula is C25H23N5O12. The molecule has 0 aromatic heterocycles. The summed E-state index contributed by atoms with van der Waals surface area (Å²) in [6.07, 6.45) is -4.05. The van der Waals surface area contributed by atoms with Crippen LogP contribution in [0.2, 0.25) is 0 Å². The van der Waals surface area contributed by atoms with Crippen LogP contribution in [0.1, 0.15) is 24.5 Å². The van der Waals surface area contributed by atoms with Crippen LogP contribution in [-0.4, -0.2) is 63.1 Å². The molecule has 3 rings (SSSR count). The topological polar surface area (TPSA) is 240 Å². The molecule has 17 heteroatoms. The van der Waals surface area contributed by atoms with Crippen LogP contribution in [0.4, 0.5) is 16.2 Å². The number of β-lactam (4-membered cyclic amide) rings is 1. The third-order valence-corrected chi connectivity index (χ3v) is 6.06. The zero-order valence-electron chi connectivity index (χ0n) is 21.8. The minimum absolute atomic E-state index is 0.138. The lowest BCUT2D eigenvalue weighted by atomic mass is 9.82. The molecule has 17 nitrogen and oxygen atoms in total. The molecule has 0 aliphatic carbocycles. The second-order valence-corrected chi connectivity index (χ2v) is 8.86. The number of hydrogen-bond donors (Lipinski definition) is 1. The number of ketones is 1. The lowest BCUT2D eigenvalue weighted by molar-refractivity contribution is -0.385. The average molecular weight is 585 g/mol. The lowest BCUT2D eigenvalue weighted by Gasteiger charge is -2.39. The predicted octanol–water partition coefficient (Wildman–Crippen LogP) is 2.01. The van der Waals surface area contributed by atoms with Gasteiger partial charge in [-0.15, -0.1) is 4.79 Å². The van der Waals surface area contributed by atoms with Gasteiger partial charge >= 0.3 is 18.5 Å². The fourth-order valence-corrected chi connectivity index (χ4v) is 3.91. The van der Waals surface area contributed by atoms with Crippen molar-refractivity contribution in [1.82, 2.24) is 5.32 Å². The standard InChI is InChI=1S/C25H23N5O12/c1-14(42-25(34)40-12-16-4-8-18(9-5-16)30(37)38)21-19(28-23(21)32)10-20(31)22(41-13-27-26)24(33)39-11-15-2-6-17(7-3-15)29(35)36/h2-9,13-14,19,21-22H,10-12H2,1H3,(H,28,32)/t14-,19+,21-,22-/m1/s1. The number of hydrogen-bond acceptors (Lipinski definition) is 12. The number of rotatable bonds is 14. The van der Waals surface area contributed by atoms with Crippen molar-refractivity contribution in [1.29, 1.82) is 0 Å². The van der Waals surface area contributed by atoms with E-state index in [0.717, 1.165) is 0 Å². The molecule has 220 valence electrons. The molecule has 1 N–H and O–H groups in total. The first-order valence-electron chi connectivity index (χ1n) is 12.1. The number of amides is 1. The van der Waals surface area contributed by atoms with Crippen molar-refractivity contribution in [2.75, 3.05) is 0 Å². The molecule has 0 bridgehead atoms. The van der Waals surface area contributed by atoms with Gasteiger partial charge in [0.25, 0.3) is 17.5 Å². The average Bonchev–Trinajstić information content (AvgIpc) is 2.95. The quantitative estimate of drug-likeness (QED) is 0.0385. The van der Waals surface area contributed by atoms with Gasteiger partial charge in [0.05, 0.1) is 21.8 Å². The van der Waals surface area contributed by atoms with Crippen molar-refractivity contribution < 1.29 is 52.8 Å². The highest BCUT2D eigenvalue weighted by Gasteiger charge is 2.47. The predicted molar refractivity (Wildman–Crippen MR) is 136 cm³/mol. The van der Waals surface area contributed by atoms with Gasteiger partial charge < -0.3 is 29.8 Å². The Labute approximate surface area is 236 Å². The summed E-state index contributed by atoms with van der Waals surface area (Å²) in [5, 5.41) is 24.0. The summed E-state index contributed by atoms with van der Waals surface area (Å²) in [6.45, 7) is 0.796. The minimum atomic E-state index is -1.88. The van der Waals surface area contributed by atoms with Gasteiger partial charge in [0.1, 0.15) is 19.3 Å². The molecule has 1 amide bonds. The van der Waals surface area contributed by atoms with Gasteiger partial charge in [-0.05, 0) is 42.3 Å². The van der Waals surface area contributed by atoms with Crippen molar-refractivity contribution in [3.05, 3.63) is 85.4 Å². The molecule has 1 fully saturated rings. The normalized spacial score (nSPS) is 16.7. The van der Waals surface area contributed by atoms with Gasteiger partial charge in [-0.2, -0.15) is 0 Å². The van der Waals surface area contributed by atoms with Crippen LogP contribution in [0.15, 0.2) is 48.5 Å². The molecule has 0 spiro atoms. The number of non-ortho nitro benzene ring substituents is 2. The molecule has 42 heavy (non-hydrogen) atoms. The van der Waals surface area contributed by atoms with Crippen LogP contribution in [0.3, 0.4) is 0 Å². The van der Waals surface area contributed by atoms with Crippen molar-refractivity contribution in [2.45, 2.75) is 44.8 Å². The summed E-state index contributed by atoms with van der Waals surface area (Å²) in [5.41, 5.74) is 9.19. The van der Waals surface area contributed by atoms with Crippen LogP contribution in [0.25, 0.3) is 5.53 Å². The Kier molecular flexibility index (Phi) is 10.3. The van der Waals surface area contributed by atoms with Crippen molar-refractivity contribution in [3.8, 4) is 0 Å². The number of carbonyl (C=O) groups is 4. The fourth-order valence-electron chi connectivity index (χ4n) is 3.91. The minimum Gasteiger partial charge on any atom is -0.458 e. The summed E-state index contributed by atoms with van der Waals surface area (Å²) in [7, 11) is 0. The van der Waals surface area contributed by atoms with E-state index >= 15 is 0 Å². The number of nitrogens with one attached hydrogen (secondary N) is 1. The maximum atomic E-state index is 12.9. The number of Topliss-reactive ketones (excluding diaryl/α,β-unsaturated/α-hetero) is 1. The number of benzene rings is 2. The summed E-state index contributed by atoms with van der Waals surface area (Å²) in [6, 6.07) is 9.52. The summed E-state index contributed by atoms with van der Waals surface area (Å²) in [5.74, 6) is -3.52. The highest BCUT2D eigenvalue weighted by atomic mass is 16.7. The van der Waals surface area contributed by atoms with Gasteiger partial charge in [0, 0.05) is 30.7 Å². The summed E-state index contributed by atoms with van der Waals surface area (Å²) < 4.78 is 20.1. The first-order valence-corrected chi connectivity index (χ1v) is 12.1. The van der Waals surface area contributed by atoms with Gasteiger partial charge in [-0.3, -0.25) is 29.8 Å². The molecule has 1 aliphatic rings. The van der Waals surface area contributed by atoms with Gasteiger partial charge in [0.2, 0.25) is 5.91 Å². The third kappa shape index (κ3) is 8.15. The van der Waals surface area contributed by atoms with Crippen LogP contribution in [0, 0.1) is 26.1 Å². The first-order chi connectivity index (χ1) is 20.0. The molecule has 4 atom stereocenters.